The van der Waals surface area contributed by atoms with Crippen molar-refractivity contribution in [2.24, 2.45) is 5.92 Å². The highest BCUT2D eigenvalue weighted by molar-refractivity contribution is 6.17. The number of hydrogen-bond acceptors (Lipinski definition) is 5. The summed E-state index contributed by atoms with van der Waals surface area (Å²) >= 11 is 0. The molecule has 0 aliphatic rings. The van der Waals surface area contributed by atoms with Gasteiger partial charge >= 0.3 is 11.9 Å². The number of rotatable bonds is 9. The molecule has 0 amide bonds. The highest BCUT2D eigenvalue weighted by atomic mass is 19.1. The lowest BCUT2D eigenvalue weighted by molar-refractivity contribution is -0.166. The molecule has 7 heteroatoms. The van der Waals surface area contributed by atoms with Crippen LogP contribution in [0.1, 0.15) is 26.3 Å². The van der Waals surface area contributed by atoms with E-state index in [-0.39, 0.29) is 19.6 Å². The van der Waals surface area contributed by atoms with Crippen molar-refractivity contribution in [2.45, 2.75) is 32.7 Å². The first-order valence-electron chi connectivity index (χ1n) is 9.09. The Bertz CT molecular complexity index is 798. The highest BCUT2D eigenvalue weighted by Gasteiger charge is 2.47. The third kappa shape index (κ3) is 4.65. The lowest BCUT2D eigenvalue weighted by Gasteiger charge is -2.32. The van der Waals surface area contributed by atoms with Gasteiger partial charge in [-0.05, 0) is 50.6 Å². The number of benzene rings is 1. The largest absolute Gasteiger partial charge is 0.465 e. The Morgan fingerprint density at radius 3 is 1.96 bits per heavy atom. The average molecular weight is 389 g/mol. The van der Waals surface area contributed by atoms with Gasteiger partial charge in [0.1, 0.15) is 11.4 Å². The predicted octanol–water partition coefficient (Wildman–Crippen LogP) is 2.90. The Balaban J connectivity index is 2.47. The molecule has 6 nitrogen and oxygen atoms in total. The quantitative estimate of drug-likeness (QED) is 0.487. The zero-order chi connectivity index (χ0) is 20.7. The first-order valence-corrected chi connectivity index (χ1v) is 9.09. The van der Waals surface area contributed by atoms with E-state index in [0.717, 1.165) is 0 Å². The summed E-state index contributed by atoms with van der Waals surface area (Å²) in [4.78, 5) is 38.3. The topological polar surface area (TPSA) is 74.6 Å². The molecular formula is C21H24FNO5. The second-order valence-electron chi connectivity index (χ2n) is 6.47. The maximum Gasteiger partial charge on any atom is 0.328 e. The number of ketones is 1. The Hall–Kier alpha value is -2.96. The van der Waals surface area contributed by atoms with E-state index in [1.165, 1.54) is 12.1 Å². The van der Waals surface area contributed by atoms with Gasteiger partial charge in [-0.25, -0.2) is 4.39 Å². The molecule has 1 unspecified atom stereocenters. The van der Waals surface area contributed by atoms with Gasteiger partial charge in [-0.2, -0.15) is 0 Å². The molecule has 1 heterocycles. The zero-order valence-electron chi connectivity index (χ0n) is 16.2. The van der Waals surface area contributed by atoms with Gasteiger partial charge in [0.25, 0.3) is 0 Å². The number of halogens is 1. The second kappa shape index (κ2) is 9.30. The van der Waals surface area contributed by atoms with Gasteiger partial charge in [-0.3, -0.25) is 14.4 Å². The van der Waals surface area contributed by atoms with Crippen LogP contribution in [0.5, 0.6) is 0 Å². The van der Waals surface area contributed by atoms with E-state index in [9.17, 15) is 18.8 Å². The van der Waals surface area contributed by atoms with Gasteiger partial charge in [0.2, 0.25) is 5.92 Å². The van der Waals surface area contributed by atoms with E-state index in [2.05, 4.69) is 0 Å². The van der Waals surface area contributed by atoms with Crippen LogP contribution >= 0.6 is 0 Å². The van der Waals surface area contributed by atoms with Crippen LogP contribution in [-0.2, 0) is 35.8 Å². The normalized spacial score (nSPS) is 13.0. The van der Waals surface area contributed by atoms with Gasteiger partial charge in [0, 0.05) is 18.8 Å². The third-order valence-electron chi connectivity index (χ3n) is 4.47. The van der Waals surface area contributed by atoms with Crippen LogP contribution in [0.15, 0.2) is 48.8 Å². The van der Waals surface area contributed by atoms with E-state index in [4.69, 9.17) is 9.47 Å². The minimum atomic E-state index is -1.70. The summed E-state index contributed by atoms with van der Waals surface area (Å²) in [7, 11) is 0. The molecule has 0 fully saturated rings. The van der Waals surface area contributed by atoms with E-state index < -0.39 is 35.0 Å². The number of ether oxygens (including phenoxy) is 2. The number of hydrogen-bond donors (Lipinski definition) is 0. The first kappa shape index (κ1) is 21.3. The maximum atomic E-state index is 13.5. The van der Waals surface area contributed by atoms with Crippen LogP contribution in [0.3, 0.4) is 0 Å². The van der Waals surface area contributed by atoms with E-state index >= 15 is 0 Å². The second-order valence-corrected chi connectivity index (χ2v) is 6.47. The van der Waals surface area contributed by atoms with Crippen LogP contribution in [0, 0.1) is 11.7 Å². The van der Waals surface area contributed by atoms with Crippen molar-refractivity contribution < 1.29 is 28.2 Å². The minimum absolute atomic E-state index is 0.0280. The molecule has 28 heavy (non-hydrogen) atoms. The third-order valence-corrected chi connectivity index (χ3v) is 4.47. The fourth-order valence-electron chi connectivity index (χ4n) is 3.04. The van der Waals surface area contributed by atoms with Crippen LogP contribution in [-0.4, -0.2) is 35.5 Å². The number of carbonyl (C=O) groups is 3. The molecule has 1 aromatic heterocycles. The number of esters is 2. The fourth-order valence-corrected chi connectivity index (χ4v) is 3.04. The molecule has 1 atom stereocenters. The average Bonchev–Trinajstić information content (AvgIpc) is 3.19. The SMILES string of the molecule is CCOC(=O)C(C(=O)OCC)C(=O)C(C)(Cc1ccc(F)cc1)n1cccc1. The molecule has 150 valence electrons. The van der Waals surface area contributed by atoms with Crippen molar-refractivity contribution in [1.82, 2.24) is 4.57 Å². The first-order chi connectivity index (χ1) is 13.3. The lowest BCUT2D eigenvalue weighted by atomic mass is 9.81. The van der Waals surface area contributed by atoms with Crippen molar-refractivity contribution in [2.75, 3.05) is 13.2 Å². The predicted molar refractivity (Wildman–Crippen MR) is 99.9 cm³/mol. The van der Waals surface area contributed by atoms with Gasteiger partial charge in [-0.1, -0.05) is 12.1 Å². The number of carbonyl (C=O) groups excluding carboxylic acids is 3. The molecule has 0 saturated carbocycles. The summed E-state index contributed by atoms with van der Waals surface area (Å²) in [6, 6.07) is 9.19. The molecule has 0 N–H and O–H groups in total. The van der Waals surface area contributed by atoms with Gasteiger partial charge < -0.3 is 14.0 Å². The maximum absolute atomic E-state index is 13.5. The van der Waals surface area contributed by atoms with E-state index in [1.807, 2.05) is 0 Å². The smallest absolute Gasteiger partial charge is 0.328 e. The number of aromatic nitrogens is 1. The summed E-state index contributed by atoms with van der Waals surface area (Å²) in [5, 5.41) is 0. The Labute approximate surface area is 163 Å². The molecule has 0 aliphatic heterocycles. The molecule has 0 bridgehead atoms. The summed E-state index contributed by atoms with van der Waals surface area (Å²) in [6.07, 6.45) is 3.50. The summed E-state index contributed by atoms with van der Waals surface area (Å²) in [5.74, 6) is -4.63. The van der Waals surface area contributed by atoms with Crippen LogP contribution in [0.2, 0.25) is 0 Å². The molecule has 0 aliphatic carbocycles. The van der Waals surface area contributed by atoms with Crippen molar-refractivity contribution in [1.29, 1.82) is 0 Å². The van der Waals surface area contributed by atoms with Crippen molar-refractivity contribution in [3.8, 4) is 0 Å². The van der Waals surface area contributed by atoms with Crippen molar-refractivity contribution >= 4 is 17.7 Å². The molecule has 0 radical (unpaired) electrons. The summed E-state index contributed by atoms with van der Waals surface area (Å²) in [6.45, 7) is 4.87. The molecule has 0 saturated heterocycles. The standard InChI is InChI=1S/C21H24FNO5/c1-4-27-19(25)17(20(26)28-5-2)18(24)21(3,23-12-6-7-13-23)14-15-8-10-16(22)11-9-15/h6-13,17H,4-5,14H2,1-3H3. The molecule has 2 rings (SSSR count). The van der Waals surface area contributed by atoms with Crippen molar-refractivity contribution in [3.05, 3.63) is 60.2 Å². The Kier molecular flexibility index (Phi) is 7.09. The molecule has 2 aromatic rings. The highest BCUT2D eigenvalue weighted by Crippen LogP contribution is 2.28. The molecule has 0 spiro atoms. The number of Topliss-reactive ketones (excluding diaryl/α,β-unsaturated/α-hetero) is 1. The van der Waals surface area contributed by atoms with Crippen LogP contribution in [0.4, 0.5) is 4.39 Å². The van der Waals surface area contributed by atoms with Gasteiger partial charge in [-0.15, -0.1) is 0 Å². The van der Waals surface area contributed by atoms with E-state index in [0.29, 0.717) is 5.56 Å². The molecule has 1 aromatic carbocycles. The molecular weight excluding hydrogens is 365 g/mol. The summed E-state index contributed by atoms with van der Waals surface area (Å²) in [5.41, 5.74) is -0.608. The lowest BCUT2D eigenvalue weighted by Crippen LogP contribution is -2.49. The van der Waals surface area contributed by atoms with Gasteiger partial charge in [0.05, 0.1) is 13.2 Å². The Morgan fingerprint density at radius 1 is 1.00 bits per heavy atom. The fraction of sp³-hybridized carbons (Fsp3) is 0.381. The monoisotopic (exact) mass is 389 g/mol. The van der Waals surface area contributed by atoms with Crippen LogP contribution in [0.25, 0.3) is 0 Å². The minimum Gasteiger partial charge on any atom is -0.465 e. The van der Waals surface area contributed by atoms with E-state index in [1.54, 1.807) is 62.0 Å². The van der Waals surface area contributed by atoms with Crippen molar-refractivity contribution in [3.63, 3.8) is 0 Å². The van der Waals surface area contributed by atoms with Gasteiger partial charge in [0.15, 0.2) is 5.78 Å². The number of nitrogens with zero attached hydrogens (tertiary/aromatic N) is 1. The summed E-state index contributed by atoms with van der Waals surface area (Å²) < 4.78 is 24.8. The van der Waals surface area contributed by atoms with Crippen LogP contribution < -0.4 is 0 Å². The Morgan fingerprint density at radius 2 is 1.50 bits per heavy atom. The zero-order valence-corrected chi connectivity index (χ0v) is 16.2.